The number of quaternary nitrogens is 1. The van der Waals surface area contributed by atoms with Gasteiger partial charge in [0.05, 0.1) is 23.1 Å². The Bertz CT molecular complexity index is 913. The molecule has 4 nitrogen and oxygen atoms in total. The van der Waals surface area contributed by atoms with E-state index in [4.69, 9.17) is 4.98 Å². The second-order valence-electron chi connectivity index (χ2n) is 6.63. The fourth-order valence-electron chi connectivity index (χ4n) is 3.08. The first-order valence-corrected chi connectivity index (χ1v) is 9.04. The molecule has 0 aliphatic rings. The van der Waals surface area contributed by atoms with Crippen molar-refractivity contribution < 1.29 is 5.32 Å². The van der Waals surface area contributed by atoms with E-state index in [9.17, 15) is 4.79 Å². The van der Waals surface area contributed by atoms with E-state index in [2.05, 4.69) is 19.2 Å². The Morgan fingerprint density at radius 1 is 1.12 bits per heavy atom. The van der Waals surface area contributed by atoms with Crippen LogP contribution in [-0.4, -0.2) is 16.1 Å². The van der Waals surface area contributed by atoms with Gasteiger partial charge in [-0.05, 0) is 44.5 Å². The molecule has 1 atom stereocenters. The molecule has 3 aromatic rings. The number of rotatable bonds is 6. The molecular weight excluding hydrogens is 310 g/mol. The van der Waals surface area contributed by atoms with Crippen molar-refractivity contribution in [3.05, 3.63) is 70.3 Å². The summed E-state index contributed by atoms with van der Waals surface area (Å²) in [5.41, 5.74) is 2.82. The summed E-state index contributed by atoms with van der Waals surface area (Å²) in [6, 6.07) is 15.8. The van der Waals surface area contributed by atoms with E-state index in [-0.39, 0.29) is 11.6 Å². The lowest BCUT2D eigenvalue weighted by Crippen LogP contribution is -2.85. The van der Waals surface area contributed by atoms with Gasteiger partial charge >= 0.3 is 0 Å². The van der Waals surface area contributed by atoms with Crippen LogP contribution in [0.15, 0.2) is 53.3 Å². The molecule has 0 bridgehead atoms. The van der Waals surface area contributed by atoms with E-state index in [1.165, 1.54) is 12.0 Å². The van der Waals surface area contributed by atoms with Gasteiger partial charge in [-0.2, -0.15) is 0 Å². The van der Waals surface area contributed by atoms with Crippen molar-refractivity contribution in [3.8, 4) is 5.69 Å². The van der Waals surface area contributed by atoms with Crippen LogP contribution in [0.25, 0.3) is 16.6 Å². The third kappa shape index (κ3) is 3.64. The molecule has 2 aromatic carbocycles. The number of unbranched alkanes of at least 4 members (excludes halogenated alkanes) is 1. The average molecular weight is 336 g/mol. The number of benzene rings is 2. The zero-order valence-corrected chi connectivity index (χ0v) is 15.2. The third-order valence-electron chi connectivity index (χ3n) is 4.58. The summed E-state index contributed by atoms with van der Waals surface area (Å²) in [6.45, 7) is 7.40. The van der Waals surface area contributed by atoms with Crippen LogP contribution in [0.4, 0.5) is 0 Å². The number of hydrogen-bond acceptors (Lipinski definition) is 2. The summed E-state index contributed by atoms with van der Waals surface area (Å²) in [6.07, 6.45) is 2.33. The van der Waals surface area contributed by atoms with Crippen molar-refractivity contribution in [2.45, 2.75) is 39.7 Å². The molecule has 1 heterocycles. The molecule has 0 radical (unpaired) electrons. The maximum Gasteiger partial charge on any atom is 0.266 e. The highest BCUT2D eigenvalue weighted by Crippen LogP contribution is 2.16. The molecule has 0 aliphatic carbocycles. The van der Waals surface area contributed by atoms with E-state index < -0.39 is 0 Å². The predicted molar refractivity (Wildman–Crippen MR) is 102 cm³/mol. The summed E-state index contributed by atoms with van der Waals surface area (Å²) in [7, 11) is 0. The number of para-hydroxylation sites is 1. The lowest BCUT2D eigenvalue weighted by atomic mass is 10.2. The topological polar surface area (TPSA) is 51.5 Å². The molecule has 3 rings (SSSR count). The molecule has 0 saturated heterocycles. The van der Waals surface area contributed by atoms with E-state index in [0.29, 0.717) is 5.39 Å². The highest BCUT2D eigenvalue weighted by molar-refractivity contribution is 5.77. The van der Waals surface area contributed by atoms with Crippen LogP contribution in [0.5, 0.6) is 0 Å². The summed E-state index contributed by atoms with van der Waals surface area (Å²) in [5.74, 6) is 0.809. The first-order chi connectivity index (χ1) is 12.1. The number of fused-ring (bicyclic) bond motifs is 1. The highest BCUT2D eigenvalue weighted by atomic mass is 16.1. The number of hydrogen-bond donors (Lipinski definition) is 1. The minimum absolute atomic E-state index is 0.000180. The summed E-state index contributed by atoms with van der Waals surface area (Å²) in [4.78, 5) is 18.0. The SMILES string of the molecule is CCCC[NH2+][C@@H](C)c1nc2ccccc2c(=O)n1-c1ccc(C)cc1. The Morgan fingerprint density at radius 3 is 2.56 bits per heavy atom. The first-order valence-electron chi connectivity index (χ1n) is 9.04. The Morgan fingerprint density at radius 2 is 1.84 bits per heavy atom. The average Bonchev–Trinajstić information content (AvgIpc) is 2.63. The molecule has 130 valence electrons. The molecule has 0 aliphatic heterocycles. The molecule has 2 N–H and O–H groups in total. The van der Waals surface area contributed by atoms with Crippen LogP contribution in [0.3, 0.4) is 0 Å². The molecule has 0 amide bonds. The van der Waals surface area contributed by atoms with Crippen LogP contribution in [0.1, 0.15) is 44.1 Å². The van der Waals surface area contributed by atoms with Crippen LogP contribution >= 0.6 is 0 Å². The second-order valence-corrected chi connectivity index (χ2v) is 6.63. The Hall–Kier alpha value is -2.46. The summed E-state index contributed by atoms with van der Waals surface area (Å²) < 4.78 is 1.77. The van der Waals surface area contributed by atoms with Crippen molar-refractivity contribution in [2.24, 2.45) is 0 Å². The molecular formula is C21H26N3O+. The van der Waals surface area contributed by atoms with Crippen molar-refractivity contribution in [1.82, 2.24) is 9.55 Å². The number of nitrogens with zero attached hydrogens (tertiary/aromatic N) is 2. The minimum Gasteiger partial charge on any atom is -0.338 e. The fourth-order valence-corrected chi connectivity index (χ4v) is 3.08. The third-order valence-corrected chi connectivity index (χ3v) is 4.58. The normalized spacial score (nSPS) is 12.4. The van der Waals surface area contributed by atoms with E-state index >= 15 is 0 Å². The number of aromatic nitrogens is 2. The van der Waals surface area contributed by atoms with Crippen LogP contribution in [-0.2, 0) is 0 Å². The van der Waals surface area contributed by atoms with Crippen molar-refractivity contribution in [2.75, 3.05) is 6.54 Å². The van der Waals surface area contributed by atoms with Crippen LogP contribution in [0, 0.1) is 6.92 Å². The molecule has 0 saturated carbocycles. The standard InChI is InChI=1S/C21H25N3O/c1-4-5-14-22-16(3)20-23-19-9-7-6-8-18(19)21(25)24(20)17-12-10-15(2)11-13-17/h6-13,16,22H,4-5,14H2,1-3H3/p+1/t16-/m0/s1. The summed E-state index contributed by atoms with van der Waals surface area (Å²) in [5, 5.41) is 2.93. The Labute approximate surface area is 148 Å². The van der Waals surface area contributed by atoms with Gasteiger partial charge in [0.2, 0.25) is 0 Å². The molecule has 4 heteroatoms. The van der Waals surface area contributed by atoms with Gasteiger partial charge in [0.25, 0.3) is 5.56 Å². The number of nitrogens with two attached hydrogens (primary N) is 1. The van der Waals surface area contributed by atoms with Gasteiger partial charge in [-0.25, -0.2) is 4.98 Å². The maximum absolute atomic E-state index is 13.2. The van der Waals surface area contributed by atoms with Gasteiger partial charge in [0.1, 0.15) is 6.04 Å². The van der Waals surface area contributed by atoms with E-state index in [0.717, 1.165) is 30.0 Å². The maximum atomic E-state index is 13.2. The van der Waals surface area contributed by atoms with Crippen LogP contribution < -0.4 is 10.9 Å². The van der Waals surface area contributed by atoms with Gasteiger partial charge in [-0.1, -0.05) is 43.2 Å². The predicted octanol–water partition coefficient (Wildman–Crippen LogP) is 3.12. The van der Waals surface area contributed by atoms with E-state index in [1.54, 1.807) is 4.57 Å². The first kappa shape index (κ1) is 17.4. The van der Waals surface area contributed by atoms with Gasteiger partial charge in [0, 0.05) is 0 Å². The van der Waals surface area contributed by atoms with Crippen LogP contribution in [0.2, 0.25) is 0 Å². The molecule has 1 aromatic heterocycles. The van der Waals surface area contributed by atoms with Crippen molar-refractivity contribution in [3.63, 3.8) is 0 Å². The lowest BCUT2D eigenvalue weighted by molar-refractivity contribution is -0.694. The zero-order chi connectivity index (χ0) is 17.8. The van der Waals surface area contributed by atoms with Gasteiger partial charge < -0.3 is 5.32 Å². The highest BCUT2D eigenvalue weighted by Gasteiger charge is 2.19. The van der Waals surface area contributed by atoms with Gasteiger partial charge in [0.15, 0.2) is 5.82 Å². The molecule has 0 spiro atoms. The molecule has 25 heavy (non-hydrogen) atoms. The monoisotopic (exact) mass is 336 g/mol. The van der Waals surface area contributed by atoms with Crippen molar-refractivity contribution >= 4 is 10.9 Å². The van der Waals surface area contributed by atoms with E-state index in [1.807, 2.05) is 55.5 Å². The fraction of sp³-hybridized carbons (Fsp3) is 0.333. The largest absolute Gasteiger partial charge is 0.338 e. The zero-order valence-electron chi connectivity index (χ0n) is 15.2. The Kier molecular flexibility index (Phi) is 5.29. The second kappa shape index (κ2) is 7.62. The lowest BCUT2D eigenvalue weighted by Gasteiger charge is -2.17. The summed E-state index contributed by atoms with van der Waals surface area (Å²) >= 11 is 0. The minimum atomic E-state index is 0.000180. The number of aryl methyl sites for hydroxylation is 1. The quantitative estimate of drug-likeness (QED) is 0.703. The van der Waals surface area contributed by atoms with Gasteiger partial charge in [-0.3, -0.25) is 9.36 Å². The van der Waals surface area contributed by atoms with Gasteiger partial charge in [-0.15, -0.1) is 0 Å². The smallest absolute Gasteiger partial charge is 0.266 e. The Balaban J connectivity index is 2.17. The molecule has 0 unspecified atom stereocenters. The van der Waals surface area contributed by atoms with Crippen molar-refractivity contribution in [1.29, 1.82) is 0 Å². The molecule has 0 fully saturated rings.